The Bertz CT molecular complexity index is 420. The molecule has 0 fully saturated rings. The first kappa shape index (κ1) is 16.5. The Morgan fingerprint density at radius 2 is 2.16 bits per heavy atom. The molecule has 0 aliphatic rings. The maximum Gasteiger partial charge on any atom is 0.224 e. The van der Waals surface area contributed by atoms with Crippen LogP contribution in [0.3, 0.4) is 0 Å². The molecule has 1 N–H and O–H groups in total. The van der Waals surface area contributed by atoms with Crippen LogP contribution in [0.2, 0.25) is 0 Å². The number of halogens is 2. The van der Waals surface area contributed by atoms with Crippen LogP contribution < -0.4 is 5.32 Å². The predicted octanol–water partition coefficient (Wildman–Crippen LogP) is 4.15. The second-order valence-electron chi connectivity index (χ2n) is 5.54. The van der Waals surface area contributed by atoms with Gasteiger partial charge in [-0.1, -0.05) is 41.9 Å². The number of carbonyl (C=O) groups excluding carboxylic acids is 1. The topological polar surface area (TPSA) is 29.1 Å². The lowest BCUT2D eigenvalue weighted by Gasteiger charge is -2.24. The van der Waals surface area contributed by atoms with E-state index in [2.05, 4.69) is 35.1 Å². The quantitative estimate of drug-likeness (QED) is 0.738. The Hall–Kier alpha value is -0.540. The highest BCUT2D eigenvalue weighted by atomic mass is 79.9. The number of hydrogen-bond donors (Lipinski definition) is 1. The summed E-state index contributed by atoms with van der Waals surface area (Å²) >= 11 is 9.11. The molecule has 1 amide bonds. The maximum atomic E-state index is 11.9. The molecule has 0 aliphatic heterocycles. The van der Waals surface area contributed by atoms with Crippen molar-refractivity contribution in [3.8, 4) is 0 Å². The molecule has 0 saturated carbocycles. The summed E-state index contributed by atoms with van der Waals surface area (Å²) in [5.41, 5.74) is 1.12. The fourth-order valence-corrected chi connectivity index (χ4v) is 2.45. The fourth-order valence-electron chi connectivity index (χ4n) is 1.87. The predicted molar refractivity (Wildman–Crippen MR) is 84.6 cm³/mol. The third kappa shape index (κ3) is 6.98. The zero-order valence-electron chi connectivity index (χ0n) is 11.5. The third-order valence-electron chi connectivity index (χ3n) is 3.01. The summed E-state index contributed by atoms with van der Waals surface area (Å²) in [6, 6.07) is 7.83. The normalized spacial score (nSPS) is 11.4. The summed E-state index contributed by atoms with van der Waals surface area (Å²) in [6.45, 7) is 4.99. The van der Waals surface area contributed by atoms with Gasteiger partial charge in [-0.25, -0.2) is 0 Å². The third-order valence-corrected chi connectivity index (χ3v) is 3.77. The van der Waals surface area contributed by atoms with E-state index in [0.29, 0.717) is 18.8 Å². The molecule has 4 heteroatoms. The SMILES string of the molecule is CC(C)(CCCCl)CNC(=O)Cc1cccc(Br)c1. The van der Waals surface area contributed by atoms with Crippen molar-refractivity contribution in [1.29, 1.82) is 0 Å². The van der Waals surface area contributed by atoms with E-state index in [4.69, 9.17) is 11.6 Å². The first-order valence-electron chi connectivity index (χ1n) is 6.50. The van der Waals surface area contributed by atoms with Crippen LogP contribution >= 0.6 is 27.5 Å². The molecule has 1 aromatic rings. The molecule has 19 heavy (non-hydrogen) atoms. The number of hydrogen-bond acceptors (Lipinski definition) is 1. The van der Waals surface area contributed by atoms with Gasteiger partial charge in [0.05, 0.1) is 6.42 Å². The first-order chi connectivity index (χ1) is 8.93. The van der Waals surface area contributed by atoms with Crippen LogP contribution in [0.25, 0.3) is 0 Å². The van der Waals surface area contributed by atoms with E-state index in [9.17, 15) is 4.79 Å². The van der Waals surface area contributed by atoms with E-state index in [1.54, 1.807) is 0 Å². The van der Waals surface area contributed by atoms with Gasteiger partial charge in [-0.2, -0.15) is 0 Å². The number of rotatable bonds is 7. The molecule has 1 aromatic carbocycles. The van der Waals surface area contributed by atoms with Crippen LogP contribution in [-0.4, -0.2) is 18.3 Å². The lowest BCUT2D eigenvalue weighted by Crippen LogP contribution is -2.34. The van der Waals surface area contributed by atoms with Gasteiger partial charge in [-0.15, -0.1) is 11.6 Å². The van der Waals surface area contributed by atoms with Gasteiger partial charge in [0.2, 0.25) is 5.91 Å². The lowest BCUT2D eigenvalue weighted by molar-refractivity contribution is -0.120. The zero-order chi connectivity index (χ0) is 14.3. The molecule has 1 rings (SSSR count). The molecular formula is C15H21BrClNO. The van der Waals surface area contributed by atoms with E-state index in [1.165, 1.54) is 0 Å². The van der Waals surface area contributed by atoms with Gasteiger partial charge in [0.1, 0.15) is 0 Å². The molecule has 0 radical (unpaired) electrons. The van der Waals surface area contributed by atoms with Crippen molar-refractivity contribution >= 4 is 33.4 Å². The molecule has 106 valence electrons. The van der Waals surface area contributed by atoms with Gasteiger partial charge >= 0.3 is 0 Å². The van der Waals surface area contributed by atoms with Crippen LogP contribution in [0, 0.1) is 5.41 Å². The van der Waals surface area contributed by atoms with Crippen molar-refractivity contribution in [2.24, 2.45) is 5.41 Å². The van der Waals surface area contributed by atoms with Crippen molar-refractivity contribution in [2.45, 2.75) is 33.1 Å². The minimum atomic E-state index is 0.0667. The molecule has 0 spiro atoms. The van der Waals surface area contributed by atoms with E-state index in [-0.39, 0.29) is 11.3 Å². The number of alkyl halides is 1. The molecular weight excluding hydrogens is 326 g/mol. The summed E-state index contributed by atoms with van der Waals surface area (Å²) in [7, 11) is 0. The van der Waals surface area contributed by atoms with Gasteiger partial charge in [0.25, 0.3) is 0 Å². The summed E-state index contributed by atoms with van der Waals surface area (Å²) in [6.07, 6.45) is 2.43. The monoisotopic (exact) mass is 345 g/mol. The Balaban J connectivity index is 2.39. The van der Waals surface area contributed by atoms with Crippen molar-refractivity contribution in [3.05, 3.63) is 34.3 Å². The van der Waals surface area contributed by atoms with Crippen molar-refractivity contribution in [1.82, 2.24) is 5.32 Å². The number of amides is 1. The molecule has 0 unspecified atom stereocenters. The smallest absolute Gasteiger partial charge is 0.224 e. The average Bonchev–Trinajstić information content (AvgIpc) is 2.34. The highest BCUT2D eigenvalue weighted by molar-refractivity contribution is 9.10. The van der Waals surface area contributed by atoms with Gasteiger partial charge < -0.3 is 5.32 Å². The zero-order valence-corrected chi connectivity index (χ0v) is 13.9. The van der Waals surface area contributed by atoms with Crippen molar-refractivity contribution < 1.29 is 4.79 Å². The fraction of sp³-hybridized carbons (Fsp3) is 0.533. The lowest BCUT2D eigenvalue weighted by atomic mass is 9.88. The summed E-state index contributed by atoms with van der Waals surface area (Å²) in [4.78, 5) is 11.9. The van der Waals surface area contributed by atoms with Crippen molar-refractivity contribution in [2.75, 3.05) is 12.4 Å². The number of carbonyl (C=O) groups is 1. The largest absolute Gasteiger partial charge is 0.355 e. The highest BCUT2D eigenvalue weighted by Gasteiger charge is 2.18. The molecule has 2 nitrogen and oxygen atoms in total. The Morgan fingerprint density at radius 1 is 1.42 bits per heavy atom. The van der Waals surface area contributed by atoms with E-state index in [0.717, 1.165) is 22.9 Å². The van der Waals surface area contributed by atoms with Gasteiger partial charge in [0, 0.05) is 16.9 Å². The van der Waals surface area contributed by atoms with Crippen LogP contribution in [0.15, 0.2) is 28.7 Å². The van der Waals surface area contributed by atoms with E-state index < -0.39 is 0 Å². The Labute approximate surface area is 129 Å². The molecule has 0 heterocycles. The molecule has 0 bridgehead atoms. The Morgan fingerprint density at radius 3 is 2.79 bits per heavy atom. The van der Waals surface area contributed by atoms with Gasteiger partial charge in [-0.3, -0.25) is 4.79 Å². The second-order valence-corrected chi connectivity index (χ2v) is 6.83. The van der Waals surface area contributed by atoms with Crippen LogP contribution in [0.1, 0.15) is 32.3 Å². The Kier molecular flexibility index (Phi) is 6.87. The van der Waals surface area contributed by atoms with Crippen LogP contribution in [-0.2, 0) is 11.2 Å². The van der Waals surface area contributed by atoms with Crippen LogP contribution in [0.4, 0.5) is 0 Å². The summed E-state index contributed by atoms with van der Waals surface area (Å²) < 4.78 is 1.00. The average molecular weight is 347 g/mol. The van der Waals surface area contributed by atoms with Crippen LogP contribution in [0.5, 0.6) is 0 Å². The molecule has 0 aliphatic carbocycles. The maximum absolute atomic E-state index is 11.9. The highest BCUT2D eigenvalue weighted by Crippen LogP contribution is 2.21. The first-order valence-corrected chi connectivity index (χ1v) is 7.83. The molecule has 0 atom stereocenters. The summed E-state index contributed by atoms with van der Waals surface area (Å²) in [5.74, 6) is 0.743. The standard InChI is InChI=1S/C15H21BrClNO/c1-15(2,7-4-8-17)11-18-14(19)10-12-5-3-6-13(16)9-12/h3,5-6,9H,4,7-8,10-11H2,1-2H3,(H,18,19). The minimum absolute atomic E-state index is 0.0667. The second kappa shape index (κ2) is 7.91. The molecule has 0 saturated heterocycles. The van der Waals surface area contributed by atoms with Gasteiger partial charge in [0.15, 0.2) is 0 Å². The minimum Gasteiger partial charge on any atom is -0.355 e. The molecule has 0 aromatic heterocycles. The van der Waals surface area contributed by atoms with Crippen molar-refractivity contribution in [3.63, 3.8) is 0 Å². The van der Waals surface area contributed by atoms with E-state index in [1.807, 2.05) is 24.3 Å². The summed E-state index contributed by atoms with van der Waals surface area (Å²) in [5, 5.41) is 3.00. The number of nitrogens with one attached hydrogen (secondary N) is 1. The van der Waals surface area contributed by atoms with Gasteiger partial charge in [-0.05, 0) is 36.0 Å². The number of benzene rings is 1. The van der Waals surface area contributed by atoms with E-state index >= 15 is 0 Å².